The molecule has 1 atom stereocenters. The highest BCUT2D eigenvalue weighted by Gasteiger charge is 2.05. The van der Waals surface area contributed by atoms with Gasteiger partial charge >= 0.3 is 0 Å². The van der Waals surface area contributed by atoms with E-state index in [1.165, 1.54) is 11.1 Å². The highest BCUT2D eigenvalue weighted by molar-refractivity contribution is 9.13. The van der Waals surface area contributed by atoms with Crippen LogP contribution in [-0.4, -0.2) is 0 Å². The van der Waals surface area contributed by atoms with E-state index in [0.717, 1.165) is 20.5 Å². The Kier molecular flexibility index (Phi) is 5.46. The van der Waals surface area contributed by atoms with Crippen molar-refractivity contribution in [2.24, 2.45) is 0 Å². The Labute approximate surface area is 135 Å². The molecule has 4 heteroatoms. The molecule has 0 fully saturated rings. The van der Waals surface area contributed by atoms with E-state index in [0.29, 0.717) is 6.04 Å². The molecule has 0 bridgehead atoms. The normalized spacial score (nSPS) is 12.4. The summed E-state index contributed by atoms with van der Waals surface area (Å²) in [4.78, 5) is 0. The van der Waals surface area contributed by atoms with Gasteiger partial charge < -0.3 is 5.32 Å². The number of benzene rings is 2. The molecule has 2 aromatic rings. The molecule has 1 N–H and O–H groups in total. The van der Waals surface area contributed by atoms with E-state index < -0.39 is 0 Å². The van der Waals surface area contributed by atoms with Crippen LogP contribution in [0.1, 0.15) is 24.1 Å². The molecular formula is C15H14Br2ClN. The maximum Gasteiger partial charge on any atom is 0.0406 e. The smallest absolute Gasteiger partial charge is 0.0406 e. The molecule has 0 amide bonds. The Morgan fingerprint density at radius 1 is 1.05 bits per heavy atom. The SMILES string of the molecule is CC(NCc1ccc(Br)c(Br)c1)c1ccc(Cl)cc1. The van der Waals surface area contributed by atoms with Gasteiger partial charge in [-0.05, 0) is 74.2 Å². The largest absolute Gasteiger partial charge is 0.306 e. The summed E-state index contributed by atoms with van der Waals surface area (Å²) in [7, 11) is 0. The van der Waals surface area contributed by atoms with Crippen molar-refractivity contribution < 1.29 is 0 Å². The van der Waals surface area contributed by atoms with E-state index in [1.807, 2.05) is 18.2 Å². The first kappa shape index (κ1) is 15.0. The second-order valence-corrected chi connectivity index (χ2v) is 6.55. The van der Waals surface area contributed by atoms with Crippen molar-refractivity contribution in [2.75, 3.05) is 0 Å². The summed E-state index contributed by atoms with van der Waals surface area (Å²) >= 11 is 12.9. The second-order valence-electron chi connectivity index (χ2n) is 4.40. The van der Waals surface area contributed by atoms with Gasteiger partial charge in [-0.25, -0.2) is 0 Å². The van der Waals surface area contributed by atoms with Crippen molar-refractivity contribution in [3.8, 4) is 0 Å². The average molecular weight is 404 g/mol. The minimum absolute atomic E-state index is 0.291. The molecule has 0 spiro atoms. The summed E-state index contributed by atoms with van der Waals surface area (Å²) in [6.45, 7) is 2.98. The van der Waals surface area contributed by atoms with E-state index in [1.54, 1.807) is 0 Å². The Bertz CT molecular complexity index is 555. The van der Waals surface area contributed by atoms with Gasteiger partial charge in [0.2, 0.25) is 0 Å². The van der Waals surface area contributed by atoms with E-state index in [9.17, 15) is 0 Å². The summed E-state index contributed by atoms with van der Waals surface area (Å²) in [5.74, 6) is 0. The third-order valence-corrected chi connectivity index (χ3v) is 5.10. The van der Waals surface area contributed by atoms with E-state index in [2.05, 4.69) is 68.4 Å². The molecule has 0 radical (unpaired) electrons. The van der Waals surface area contributed by atoms with Crippen molar-refractivity contribution in [3.05, 3.63) is 67.6 Å². The van der Waals surface area contributed by atoms with Crippen LogP contribution in [0.25, 0.3) is 0 Å². The van der Waals surface area contributed by atoms with Crippen LogP contribution in [0.15, 0.2) is 51.4 Å². The molecule has 1 unspecified atom stereocenters. The Hall–Kier alpha value is -0.350. The summed E-state index contributed by atoms with van der Waals surface area (Å²) < 4.78 is 2.15. The molecule has 0 aromatic heterocycles. The molecule has 0 saturated carbocycles. The van der Waals surface area contributed by atoms with Gasteiger partial charge in [0.25, 0.3) is 0 Å². The minimum atomic E-state index is 0.291. The summed E-state index contributed by atoms with van der Waals surface area (Å²) in [5, 5.41) is 4.27. The van der Waals surface area contributed by atoms with Gasteiger partial charge in [0.1, 0.15) is 0 Å². The lowest BCUT2D eigenvalue weighted by atomic mass is 10.1. The van der Waals surface area contributed by atoms with Gasteiger partial charge in [0.15, 0.2) is 0 Å². The van der Waals surface area contributed by atoms with E-state index >= 15 is 0 Å². The van der Waals surface area contributed by atoms with Gasteiger partial charge in [-0.1, -0.05) is 29.8 Å². The van der Waals surface area contributed by atoms with Gasteiger partial charge in [-0.3, -0.25) is 0 Å². The number of halogens is 3. The third kappa shape index (κ3) is 4.32. The predicted octanol–water partition coefficient (Wildman–Crippen LogP) is 5.72. The molecule has 100 valence electrons. The van der Waals surface area contributed by atoms with Crippen LogP contribution in [0.5, 0.6) is 0 Å². The van der Waals surface area contributed by atoms with Gasteiger partial charge in [-0.15, -0.1) is 0 Å². The number of nitrogens with one attached hydrogen (secondary N) is 1. The predicted molar refractivity (Wildman–Crippen MR) is 88.5 cm³/mol. The summed E-state index contributed by atoms with van der Waals surface area (Å²) in [6.07, 6.45) is 0. The molecule has 0 aliphatic rings. The van der Waals surface area contributed by atoms with Crippen LogP contribution < -0.4 is 5.32 Å². The topological polar surface area (TPSA) is 12.0 Å². The van der Waals surface area contributed by atoms with E-state index in [-0.39, 0.29) is 0 Å². The van der Waals surface area contributed by atoms with Crippen LogP contribution >= 0.6 is 43.5 Å². The molecule has 2 aromatic carbocycles. The molecule has 19 heavy (non-hydrogen) atoms. The maximum absolute atomic E-state index is 5.89. The number of hydrogen-bond donors (Lipinski definition) is 1. The lowest BCUT2D eigenvalue weighted by molar-refractivity contribution is 0.574. The first-order valence-electron chi connectivity index (χ1n) is 5.99. The zero-order valence-corrected chi connectivity index (χ0v) is 14.4. The van der Waals surface area contributed by atoms with Crippen LogP contribution in [0.2, 0.25) is 5.02 Å². The highest BCUT2D eigenvalue weighted by Crippen LogP contribution is 2.24. The van der Waals surface area contributed by atoms with Crippen molar-refractivity contribution in [2.45, 2.75) is 19.5 Å². The van der Waals surface area contributed by atoms with Gasteiger partial charge in [-0.2, -0.15) is 0 Å². The van der Waals surface area contributed by atoms with Crippen LogP contribution in [-0.2, 0) is 6.54 Å². The van der Waals surface area contributed by atoms with Crippen LogP contribution in [0.4, 0.5) is 0 Å². The second kappa shape index (κ2) is 6.89. The van der Waals surface area contributed by atoms with E-state index in [4.69, 9.17) is 11.6 Å². The molecule has 0 aliphatic carbocycles. The molecule has 0 saturated heterocycles. The standard InChI is InChI=1S/C15H14Br2ClN/c1-10(12-3-5-13(18)6-4-12)19-9-11-2-7-14(16)15(17)8-11/h2-8,10,19H,9H2,1H3. The summed E-state index contributed by atoms with van der Waals surface area (Å²) in [5.41, 5.74) is 2.48. The van der Waals surface area contributed by atoms with Crippen molar-refractivity contribution >= 4 is 43.5 Å². The fraction of sp³-hybridized carbons (Fsp3) is 0.200. The fourth-order valence-electron chi connectivity index (χ4n) is 1.79. The molecule has 0 heterocycles. The third-order valence-electron chi connectivity index (χ3n) is 2.97. The maximum atomic E-state index is 5.89. The zero-order chi connectivity index (χ0) is 13.8. The Morgan fingerprint density at radius 3 is 2.37 bits per heavy atom. The Morgan fingerprint density at radius 2 is 1.74 bits per heavy atom. The van der Waals surface area contributed by atoms with Crippen molar-refractivity contribution in [3.63, 3.8) is 0 Å². The average Bonchev–Trinajstić information content (AvgIpc) is 2.40. The summed E-state index contributed by atoms with van der Waals surface area (Å²) in [6, 6.07) is 14.5. The first-order valence-corrected chi connectivity index (χ1v) is 7.95. The highest BCUT2D eigenvalue weighted by atomic mass is 79.9. The number of rotatable bonds is 4. The monoisotopic (exact) mass is 401 g/mol. The lowest BCUT2D eigenvalue weighted by Crippen LogP contribution is -2.17. The van der Waals surface area contributed by atoms with Crippen molar-refractivity contribution in [1.82, 2.24) is 5.32 Å². The Balaban J connectivity index is 1.98. The van der Waals surface area contributed by atoms with Crippen LogP contribution in [0.3, 0.4) is 0 Å². The van der Waals surface area contributed by atoms with Gasteiger partial charge in [0, 0.05) is 26.6 Å². The first-order chi connectivity index (χ1) is 9.06. The van der Waals surface area contributed by atoms with Crippen LogP contribution in [0, 0.1) is 0 Å². The van der Waals surface area contributed by atoms with Gasteiger partial charge in [0.05, 0.1) is 0 Å². The molecule has 0 aliphatic heterocycles. The lowest BCUT2D eigenvalue weighted by Gasteiger charge is -2.14. The minimum Gasteiger partial charge on any atom is -0.306 e. The molecular weight excluding hydrogens is 389 g/mol. The van der Waals surface area contributed by atoms with Crippen molar-refractivity contribution in [1.29, 1.82) is 0 Å². The molecule has 1 nitrogen and oxygen atoms in total. The quantitative estimate of drug-likeness (QED) is 0.689. The number of hydrogen-bond acceptors (Lipinski definition) is 1. The fourth-order valence-corrected chi connectivity index (χ4v) is 2.59. The zero-order valence-electron chi connectivity index (χ0n) is 10.5. The molecule has 2 rings (SSSR count).